The van der Waals surface area contributed by atoms with Crippen LogP contribution in [0.25, 0.3) is 0 Å². The van der Waals surface area contributed by atoms with Gasteiger partial charge in [-0.15, -0.1) is 0 Å². The van der Waals surface area contributed by atoms with Crippen LogP contribution in [0.5, 0.6) is 0 Å². The average Bonchev–Trinajstić information content (AvgIpc) is 3.07. The Bertz CT molecular complexity index is 670. The van der Waals surface area contributed by atoms with E-state index in [-0.39, 0.29) is 30.3 Å². The molecule has 1 aliphatic heterocycles. The summed E-state index contributed by atoms with van der Waals surface area (Å²) in [4.78, 5) is 11.1. The van der Waals surface area contributed by atoms with Crippen LogP contribution < -0.4 is 0 Å². The van der Waals surface area contributed by atoms with Crippen LogP contribution in [0.2, 0.25) is 0 Å². The molecule has 110 valence electrons. The zero-order valence-electron chi connectivity index (χ0n) is 10.8. The first-order valence-corrected chi connectivity index (χ1v) is 7.70. The van der Waals surface area contributed by atoms with E-state index < -0.39 is 26.6 Å². The van der Waals surface area contributed by atoms with E-state index in [1.807, 2.05) is 0 Å². The Hall–Kier alpha value is -1.45. The van der Waals surface area contributed by atoms with Gasteiger partial charge in [-0.05, 0) is 25.7 Å². The third-order valence-electron chi connectivity index (χ3n) is 3.95. The van der Waals surface area contributed by atoms with Gasteiger partial charge in [-0.3, -0.25) is 5.10 Å². The molecule has 0 atom stereocenters. The Balaban J connectivity index is 1.88. The maximum Gasteiger partial charge on any atom is 0.340 e. The maximum absolute atomic E-state index is 12.4. The van der Waals surface area contributed by atoms with Crippen molar-refractivity contribution in [2.24, 2.45) is 5.92 Å². The lowest BCUT2D eigenvalue weighted by Gasteiger charge is -2.45. The predicted octanol–water partition coefficient (Wildman–Crippen LogP) is -0.438. The Labute approximate surface area is 115 Å². The molecule has 1 saturated heterocycles. The van der Waals surface area contributed by atoms with Crippen molar-refractivity contribution in [3.8, 4) is 0 Å². The Morgan fingerprint density at radius 2 is 2.05 bits per heavy atom. The molecule has 0 unspecified atom stereocenters. The Kier molecular flexibility index (Phi) is 2.72. The van der Waals surface area contributed by atoms with E-state index in [1.54, 1.807) is 0 Å². The summed E-state index contributed by atoms with van der Waals surface area (Å²) in [6.45, 7) is 1.46. The highest BCUT2D eigenvalue weighted by molar-refractivity contribution is 7.89. The summed E-state index contributed by atoms with van der Waals surface area (Å²) in [6.07, 6.45) is 1.82. The molecule has 2 fully saturated rings. The number of β-amino-alcohol motifs (C(OH)–C–C–N with tert-alkyl or cyclic N) is 1. The molecule has 0 spiro atoms. The molecule has 3 rings (SSSR count). The summed E-state index contributed by atoms with van der Waals surface area (Å²) in [6, 6.07) is 0. The minimum atomic E-state index is -3.98. The van der Waals surface area contributed by atoms with Gasteiger partial charge in [-0.2, -0.15) is 9.40 Å². The molecular formula is C11H15N3O5S. The van der Waals surface area contributed by atoms with Crippen LogP contribution in [0.4, 0.5) is 0 Å². The highest BCUT2D eigenvalue weighted by Gasteiger charge is 2.56. The highest BCUT2D eigenvalue weighted by Crippen LogP contribution is 2.45. The van der Waals surface area contributed by atoms with Crippen LogP contribution >= 0.6 is 0 Å². The number of carboxylic acids is 1. The van der Waals surface area contributed by atoms with Crippen LogP contribution in [0.15, 0.2) is 5.03 Å². The van der Waals surface area contributed by atoms with Crippen LogP contribution in [0.3, 0.4) is 0 Å². The summed E-state index contributed by atoms with van der Waals surface area (Å²) in [5.74, 6) is -1.18. The van der Waals surface area contributed by atoms with Crippen LogP contribution in [0, 0.1) is 12.8 Å². The molecule has 0 amide bonds. The van der Waals surface area contributed by atoms with Gasteiger partial charge in [-0.25, -0.2) is 13.2 Å². The fraction of sp³-hybridized carbons (Fsp3) is 0.636. The van der Waals surface area contributed by atoms with Crippen molar-refractivity contribution in [2.75, 3.05) is 13.1 Å². The number of hydrogen-bond acceptors (Lipinski definition) is 5. The maximum atomic E-state index is 12.4. The average molecular weight is 301 g/mol. The minimum Gasteiger partial charge on any atom is -0.478 e. The largest absolute Gasteiger partial charge is 0.478 e. The number of aromatic amines is 1. The van der Waals surface area contributed by atoms with Crippen molar-refractivity contribution in [2.45, 2.75) is 30.4 Å². The monoisotopic (exact) mass is 301 g/mol. The number of carbonyl (C=O) groups is 1. The fourth-order valence-corrected chi connectivity index (χ4v) is 4.27. The molecule has 1 saturated carbocycles. The topological polar surface area (TPSA) is 124 Å². The molecular weight excluding hydrogens is 286 g/mol. The highest BCUT2D eigenvalue weighted by atomic mass is 32.2. The normalized spacial score (nSPS) is 22.5. The third kappa shape index (κ3) is 1.85. The van der Waals surface area contributed by atoms with Crippen LogP contribution in [0.1, 0.15) is 28.9 Å². The quantitative estimate of drug-likeness (QED) is 0.693. The molecule has 0 bridgehead atoms. The molecule has 0 radical (unpaired) electrons. The second-order valence-corrected chi connectivity index (χ2v) is 7.34. The summed E-state index contributed by atoms with van der Waals surface area (Å²) < 4.78 is 25.8. The van der Waals surface area contributed by atoms with E-state index in [0.29, 0.717) is 0 Å². The molecule has 1 aromatic heterocycles. The third-order valence-corrected chi connectivity index (χ3v) is 5.67. The van der Waals surface area contributed by atoms with Crippen molar-refractivity contribution in [3.05, 3.63) is 11.3 Å². The van der Waals surface area contributed by atoms with Gasteiger partial charge in [0.25, 0.3) is 10.0 Å². The van der Waals surface area contributed by atoms with Gasteiger partial charge < -0.3 is 10.2 Å². The molecule has 1 aliphatic carbocycles. The van der Waals surface area contributed by atoms with Gasteiger partial charge in [0.2, 0.25) is 5.03 Å². The number of nitrogens with zero attached hydrogens (tertiary/aromatic N) is 2. The number of H-pyrrole nitrogens is 1. The van der Waals surface area contributed by atoms with E-state index >= 15 is 0 Å². The second kappa shape index (κ2) is 4.03. The lowest BCUT2D eigenvalue weighted by molar-refractivity contribution is -0.0765. The number of aryl methyl sites for hydroxylation is 1. The Morgan fingerprint density at radius 1 is 1.45 bits per heavy atom. The van der Waals surface area contributed by atoms with E-state index in [2.05, 4.69) is 10.2 Å². The van der Waals surface area contributed by atoms with E-state index in [0.717, 1.165) is 17.1 Å². The number of hydrogen-bond donors (Lipinski definition) is 3. The van der Waals surface area contributed by atoms with Crippen molar-refractivity contribution in [1.82, 2.24) is 14.5 Å². The van der Waals surface area contributed by atoms with Gasteiger partial charge >= 0.3 is 5.97 Å². The molecule has 2 heterocycles. The van der Waals surface area contributed by atoms with Gasteiger partial charge in [-0.1, -0.05) is 0 Å². The van der Waals surface area contributed by atoms with Crippen LogP contribution in [-0.2, 0) is 10.0 Å². The van der Waals surface area contributed by atoms with Crippen LogP contribution in [-0.4, -0.2) is 57.8 Å². The minimum absolute atomic E-state index is 0.00493. The number of carboxylic acid groups (broad SMARTS) is 1. The molecule has 0 aromatic carbocycles. The van der Waals surface area contributed by atoms with Gasteiger partial charge in [0.05, 0.1) is 5.60 Å². The number of nitrogens with one attached hydrogen (secondary N) is 1. The fourth-order valence-electron chi connectivity index (χ4n) is 2.58. The number of aromatic carboxylic acids is 1. The molecule has 2 aliphatic rings. The summed E-state index contributed by atoms with van der Waals surface area (Å²) in [5, 5.41) is 24.7. The number of aromatic nitrogens is 2. The number of rotatable bonds is 4. The lowest BCUT2D eigenvalue weighted by Crippen LogP contribution is -2.64. The van der Waals surface area contributed by atoms with Crippen molar-refractivity contribution >= 4 is 16.0 Å². The second-order valence-electron chi connectivity index (χ2n) is 5.48. The lowest BCUT2D eigenvalue weighted by atomic mass is 9.91. The zero-order valence-corrected chi connectivity index (χ0v) is 11.6. The number of sulfonamides is 1. The smallest absolute Gasteiger partial charge is 0.340 e. The van der Waals surface area contributed by atoms with E-state index in [9.17, 15) is 18.3 Å². The summed E-state index contributed by atoms with van der Waals surface area (Å²) >= 11 is 0. The molecule has 8 nitrogen and oxygen atoms in total. The summed E-state index contributed by atoms with van der Waals surface area (Å²) in [5.41, 5.74) is -1.11. The Morgan fingerprint density at radius 3 is 2.55 bits per heavy atom. The van der Waals surface area contributed by atoms with Gasteiger partial charge in [0.1, 0.15) is 5.56 Å². The van der Waals surface area contributed by atoms with E-state index in [1.165, 1.54) is 6.92 Å². The standard InChI is InChI=1S/C11H15N3O5S/c1-6-8(10(15)16)9(13-12-6)20(18,19)14-4-11(17,5-14)7-2-3-7/h7,17H,2-5H2,1H3,(H,12,13)(H,15,16). The molecule has 3 N–H and O–H groups in total. The van der Waals surface area contributed by atoms with Crippen molar-refractivity contribution < 1.29 is 23.4 Å². The SMILES string of the molecule is Cc1[nH]nc(S(=O)(=O)N2CC(O)(C3CC3)C2)c1C(=O)O. The van der Waals surface area contributed by atoms with Gasteiger partial charge in [0.15, 0.2) is 0 Å². The molecule has 1 aromatic rings. The van der Waals surface area contributed by atoms with E-state index in [4.69, 9.17) is 5.11 Å². The van der Waals surface area contributed by atoms with Gasteiger partial charge in [0, 0.05) is 18.8 Å². The zero-order chi connectivity index (χ0) is 14.7. The first-order valence-electron chi connectivity index (χ1n) is 6.26. The summed E-state index contributed by atoms with van der Waals surface area (Å²) in [7, 11) is -3.98. The molecule has 9 heteroatoms. The number of aliphatic hydroxyl groups is 1. The van der Waals surface area contributed by atoms with Crippen molar-refractivity contribution in [3.63, 3.8) is 0 Å². The first-order chi connectivity index (χ1) is 9.25. The first kappa shape index (κ1) is 13.5. The predicted molar refractivity (Wildman–Crippen MR) is 66.7 cm³/mol. The van der Waals surface area contributed by atoms with Crippen molar-refractivity contribution in [1.29, 1.82) is 0 Å². The molecule has 20 heavy (non-hydrogen) atoms.